The smallest absolute Gasteiger partial charge is 0.257 e. The SMILES string of the molecule is O=C(c1cn[nH]c1)N1CCCC[C@@H]1c1ncc(-c2ccccc2)[nH]1. The van der Waals surface area contributed by atoms with E-state index in [1.165, 1.54) is 0 Å². The molecule has 6 heteroatoms. The lowest BCUT2D eigenvalue weighted by molar-refractivity contribution is 0.0601. The highest BCUT2D eigenvalue weighted by Gasteiger charge is 2.31. The van der Waals surface area contributed by atoms with Gasteiger partial charge in [0.2, 0.25) is 0 Å². The molecule has 24 heavy (non-hydrogen) atoms. The molecular weight excluding hydrogens is 302 g/mol. The van der Waals surface area contributed by atoms with Gasteiger partial charge in [0.25, 0.3) is 5.91 Å². The van der Waals surface area contributed by atoms with Gasteiger partial charge >= 0.3 is 0 Å². The fourth-order valence-corrected chi connectivity index (χ4v) is 3.26. The van der Waals surface area contributed by atoms with E-state index in [0.29, 0.717) is 5.56 Å². The standard InChI is InChI=1S/C18H19N5O/c24-18(14-10-20-21-11-14)23-9-5-4-8-16(23)17-19-12-15(22-17)13-6-2-1-3-7-13/h1-3,6-7,10-12,16H,4-5,8-9H2,(H,19,22)(H,20,21)/t16-/m1/s1. The van der Waals surface area contributed by atoms with Crippen LogP contribution in [0.5, 0.6) is 0 Å². The van der Waals surface area contributed by atoms with Crippen LogP contribution >= 0.6 is 0 Å². The minimum absolute atomic E-state index is 0.00566. The predicted molar refractivity (Wildman–Crippen MR) is 90.2 cm³/mol. The van der Waals surface area contributed by atoms with E-state index in [-0.39, 0.29) is 11.9 Å². The fraction of sp³-hybridized carbons (Fsp3) is 0.278. The summed E-state index contributed by atoms with van der Waals surface area (Å²) in [6.07, 6.45) is 8.11. The van der Waals surface area contributed by atoms with Crippen LogP contribution in [0.15, 0.2) is 48.9 Å². The Bertz CT molecular complexity index is 809. The topological polar surface area (TPSA) is 77.7 Å². The quantitative estimate of drug-likeness (QED) is 0.778. The maximum Gasteiger partial charge on any atom is 0.257 e. The molecule has 1 fully saturated rings. The first-order valence-corrected chi connectivity index (χ1v) is 8.23. The Morgan fingerprint density at radius 2 is 2.04 bits per heavy atom. The third-order valence-corrected chi connectivity index (χ3v) is 4.50. The molecule has 1 aliphatic rings. The number of hydrogen-bond acceptors (Lipinski definition) is 3. The second kappa shape index (κ2) is 6.31. The number of rotatable bonds is 3. The molecule has 0 bridgehead atoms. The Morgan fingerprint density at radius 1 is 1.17 bits per heavy atom. The van der Waals surface area contributed by atoms with Gasteiger partial charge in [-0.1, -0.05) is 30.3 Å². The van der Waals surface area contributed by atoms with Crippen LogP contribution in [0.25, 0.3) is 11.3 Å². The van der Waals surface area contributed by atoms with Crippen LogP contribution in [0.2, 0.25) is 0 Å². The number of nitrogens with one attached hydrogen (secondary N) is 2. The Morgan fingerprint density at radius 3 is 2.83 bits per heavy atom. The third-order valence-electron chi connectivity index (χ3n) is 4.50. The summed E-state index contributed by atoms with van der Waals surface area (Å²) in [5.41, 5.74) is 2.67. The summed E-state index contributed by atoms with van der Waals surface area (Å²) in [4.78, 5) is 22.6. The zero-order chi connectivity index (χ0) is 16.4. The van der Waals surface area contributed by atoms with Crippen molar-refractivity contribution in [3.8, 4) is 11.3 Å². The Labute approximate surface area is 139 Å². The van der Waals surface area contributed by atoms with E-state index >= 15 is 0 Å². The van der Waals surface area contributed by atoms with Crippen molar-refractivity contribution in [3.05, 3.63) is 60.3 Å². The molecule has 0 aliphatic carbocycles. The first kappa shape index (κ1) is 14.7. The number of aromatic nitrogens is 4. The average molecular weight is 321 g/mol. The molecule has 2 aromatic heterocycles. The van der Waals surface area contributed by atoms with Crippen LogP contribution in [-0.2, 0) is 0 Å². The Hall–Kier alpha value is -2.89. The normalized spacial score (nSPS) is 17.8. The molecule has 0 saturated carbocycles. The number of hydrogen-bond donors (Lipinski definition) is 2. The van der Waals surface area contributed by atoms with Crippen LogP contribution in [0.3, 0.4) is 0 Å². The summed E-state index contributed by atoms with van der Waals surface area (Å²) >= 11 is 0. The molecule has 1 aromatic carbocycles. The monoisotopic (exact) mass is 321 g/mol. The number of aromatic amines is 2. The minimum Gasteiger partial charge on any atom is -0.340 e. The summed E-state index contributed by atoms with van der Waals surface area (Å²) in [6, 6.07) is 10.1. The molecule has 1 saturated heterocycles. The zero-order valence-electron chi connectivity index (χ0n) is 13.3. The Balaban J connectivity index is 1.62. The molecule has 0 spiro atoms. The molecule has 2 N–H and O–H groups in total. The summed E-state index contributed by atoms with van der Waals surface area (Å²) in [6.45, 7) is 0.746. The molecule has 1 amide bonds. The third kappa shape index (κ3) is 2.71. The highest BCUT2D eigenvalue weighted by molar-refractivity contribution is 5.94. The molecule has 6 nitrogen and oxygen atoms in total. The molecule has 4 rings (SSSR count). The number of imidazole rings is 1. The molecular formula is C18H19N5O. The van der Waals surface area contributed by atoms with Gasteiger partial charge in [-0.3, -0.25) is 9.89 Å². The van der Waals surface area contributed by atoms with Crippen molar-refractivity contribution in [2.45, 2.75) is 25.3 Å². The van der Waals surface area contributed by atoms with Crippen molar-refractivity contribution in [3.63, 3.8) is 0 Å². The molecule has 3 aromatic rings. The van der Waals surface area contributed by atoms with Gasteiger partial charge in [0.15, 0.2) is 0 Å². The summed E-state index contributed by atoms with van der Waals surface area (Å²) in [5, 5.41) is 6.59. The van der Waals surface area contributed by atoms with E-state index in [2.05, 4.69) is 20.2 Å². The first-order valence-electron chi connectivity index (χ1n) is 8.23. The van der Waals surface area contributed by atoms with Crippen molar-refractivity contribution in [2.24, 2.45) is 0 Å². The van der Waals surface area contributed by atoms with E-state index in [1.807, 2.05) is 41.4 Å². The molecule has 0 unspecified atom stereocenters. The maximum atomic E-state index is 12.7. The van der Waals surface area contributed by atoms with Crippen molar-refractivity contribution in [2.75, 3.05) is 6.54 Å². The lowest BCUT2D eigenvalue weighted by atomic mass is 10.0. The maximum absolute atomic E-state index is 12.7. The van der Waals surface area contributed by atoms with E-state index in [4.69, 9.17) is 0 Å². The van der Waals surface area contributed by atoms with Gasteiger partial charge < -0.3 is 9.88 Å². The van der Waals surface area contributed by atoms with Gasteiger partial charge in [-0.2, -0.15) is 5.10 Å². The van der Waals surface area contributed by atoms with Crippen LogP contribution < -0.4 is 0 Å². The summed E-state index contributed by atoms with van der Waals surface area (Å²) < 4.78 is 0. The van der Waals surface area contributed by atoms with Crippen LogP contribution in [0, 0.1) is 0 Å². The van der Waals surface area contributed by atoms with E-state index in [1.54, 1.807) is 12.4 Å². The van der Waals surface area contributed by atoms with Crippen LogP contribution in [0.4, 0.5) is 0 Å². The van der Waals surface area contributed by atoms with Crippen molar-refractivity contribution in [1.82, 2.24) is 25.1 Å². The van der Waals surface area contributed by atoms with Gasteiger partial charge in [0, 0.05) is 12.7 Å². The van der Waals surface area contributed by atoms with Crippen molar-refractivity contribution >= 4 is 5.91 Å². The summed E-state index contributed by atoms with van der Waals surface area (Å²) in [5.74, 6) is 0.858. The molecule has 122 valence electrons. The van der Waals surface area contributed by atoms with E-state index in [9.17, 15) is 4.79 Å². The second-order valence-corrected chi connectivity index (χ2v) is 6.05. The Kier molecular flexibility index (Phi) is 3.86. The number of amides is 1. The average Bonchev–Trinajstić information content (AvgIpc) is 3.34. The second-order valence-electron chi connectivity index (χ2n) is 6.05. The number of piperidine rings is 1. The number of nitrogens with zero attached hydrogens (tertiary/aromatic N) is 3. The largest absolute Gasteiger partial charge is 0.340 e. The number of H-pyrrole nitrogens is 2. The zero-order valence-corrected chi connectivity index (χ0v) is 13.3. The van der Waals surface area contributed by atoms with Gasteiger partial charge in [-0.15, -0.1) is 0 Å². The highest BCUT2D eigenvalue weighted by Crippen LogP contribution is 2.31. The van der Waals surface area contributed by atoms with Gasteiger partial charge in [-0.25, -0.2) is 4.98 Å². The number of benzene rings is 1. The van der Waals surface area contributed by atoms with E-state index in [0.717, 1.165) is 42.9 Å². The number of carbonyl (C=O) groups is 1. The van der Waals surface area contributed by atoms with E-state index < -0.39 is 0 Å². The minimum atomic E-state index is -0.0152. The molecule has 3 heterocycles. The van der Waals surface area contributed by atoms with Crippen LogP contribution in [-0.4, -0.2) is 37.5 Å². The first-order chi connectivity index (χ1) is 11.8. The molecule has 0 radical (unpaired) electrons. The summed E-state index contributed by atoms with van der Waals surface area (Å²) in [7, 11) is 0. The molecule has 1 atom stereocenters. The predicted octanol–water partition coefficient (Wildman–Crippen LogP) is 3.17. The highest BCUT2D eigenvalue weighted by atomic mass is 16.2. The van der Waals surface area contributed by atoms with Gasteiger partial charge in [-0.05, 0) is 24.8 Å². The van der Waals surface area contributed by atoms with Gasteiger partial charge in [0.1, 0.15) is 5.82 Å². The van der Waals surface area contributed by atoms with Gasteiger partial charge in [0.05, 0.1) is 29.7 Å². The van der Waals surface area contributed by atoms with Crippen molar-refractivity contribution in [1.29, 1.82) is 0 Å². The van der Waals surface area contributed by atoms with Crippen LogP contribution in [0.1, 0.15) is 41.5 Å². The fourth-order valence-electron chi connectivity index (χ4n) is 3.26. The van der Waals surface area contributed by atoms with Crippen molar-refractivity contribution < 1.29 is 4.79 Å². The number of likely N-dealkylation sites (tertiary alicyclic amines) is 1. The number of carbonyl (C=O) groups excluding carboxylic acids is 1. The lowest BCUT2D eigenvalue weighted by Crippen LogP contribution is -2.38. The lowest BCUT2D eigenvalue weighted by Gasteiger charge is -2.34. The molecule has 1 aliphatic heterocycles.